The van der Waals surface area contributed by atoms with Gasteiger partial charge in [0.1, 0.15) is 17.5 Å². The molecule has 5 rings (SSSR count). The molecule has 1 saturated heterocycles. The second kappa shape index (κ2) is 6.32. The zero-order valence-corrected chi connectivity index (χ0v) is 16.2. The smallest absolute Gasteiger partial charge is 0.123 e. The molecule has 2 aromatic rings. The number of pyridine rings is 1. The number of aryl methyl sites for hydroxylation is 1. The number of hydrogen-bond acceptors (Lipinski definition) is 4. The summed E-state index contributed by atoms with van der Waals surface area (Å²) >= 11 is 0. The van der Waals surface area contributed by atoms with Gasteiger partial charge in [-0.3, -0.25) is 9.88 Å². The van der Waals surface area contributed by atoms with E-state index in [1.165, 1.54) is 11.1 Å². The lowest BCUT2D eigenvalue weighted by atomic mass is 9.85. The van der Waals surface area contributed by atoms with Gasteiger partial charge in [-0.1, -0.05) is 18.2 Å². The fraction of sp³-hybridized carbons (Fsp3) is 0.522. The van der Waals surface area contributed by atoms with Crippen molar-refractivity contribution in [2.75, 3.05) is 13.1 Å². The third kappa shape index (κ3) is 2.95. The number of hydrogen-bond donors (Lipinski definition) is 1. The number of nitrogens with zero attached hydrogens (tertiary/aromatic N) is 2. The second-order valence-electron chi connectivity index (χ2n) is 8.82. The highest BCUT2D eigenvalue weighted by Gasteiger charge is 2.53. The minimum absolute atomic E-state index is 0.283. The molecule has 1 aromatic carbocycles. The summed E-state index contributed by atoms with van der Waals surface area (Å²) < 4.78 is 5.82. The molecule has 0 radical (unpaired) electrons. The van der Waals surface area contributed by atoms with Crippen LogP contribution in [0.5, 0.6) is 5.75 Å². The first-order valence-electron chi connectivity index (χ1n) is 10.2. The van der Waals surface area contributed by atoms with Crippen molar-refractivity contribution in [2.24, 2.45) is 11.8 Å². The summed E-state index contributed by atoms with van der Waals surface area (Å²) in [6.07, 6.45) is 5.09. The highest BCUT2D eigenvalue weighted by Crippen LogP contribution is 2.50. The third-order valence-corrected chi connectivity index (χ3v) is 6.75. The summed E-state index contributed by atoms with van der Waals surface area (Å²) in [5.74, 6) is 1.89. The number of aliphatic hydroxyl groups is 1. The van der Waals surface area contributed by atoms with Crippen molar-refractivity contribution >= 4 is 0 Å². The van der Waals surface area contributed by atoms with Crippen LogP contribution in [0.15, 0.2) is 36.5 Å². The summed E-state index contributed by atoms with van der Waals surface area (Å²) in [6, 6.07) is 10.7. The average molecular weight is 364 g/mol. The van der Waals surface area contributed by atoms with E-state index in [0.29, 0.717) is 12.0 Å². The molecule has 0 amide bonds. The van der Waals surface area contributed by atoms with E-state index in [-0.39, 0.29) is 5.92 Å². The lowest BCUT2D eigenvalue weighted by Crippen LogP contribution is -2.35. The van der Waals surface area contributed by atoms with Crippen LogP contribution in [0.4, 0.5) is 0 Å². The Kier molecular flexibility index (Phi) is 4.03. The maximum absolute atomic E-state index is 11.5. The van der Waals surface area contributed by atoms with Crippen LogP contribution in [0.25, 0.3) is 0 Å². The minimum atomic E-state index is -0.770. The zero-order chi connectivity index (χ0) is 18.6. The van der Waals surface area contributed by atoms with Crippen LogP contribution in [0.3, 0.4) is 0 Å². The van der Waals surface area contributed by atoms with Gasteiger partial charge in [0.05, 0.1) is 5.69 Å². The lowest BCUT2D eigenvalue weighted by molar-refractivity contribution is -0.0108. The molecule has 27 heavy (non-hydrogen) atoms. The molecule has 0 bridgehead atoms. The fourth-order valence-electron chi connectivity index (χ4n) is 5.39. The summed E-state index contributed by atoms with van der Waals surface area (Å²) in [5.41, 5.74) is 3.91. The van der Waals surface area contributed by atoms with Crippen LogP contribution in [0.1, 0.15) is 42.1 Å². The molecule has 0 spiro atoms. The molecule has 4 atom stereocenters. The van der Waals surface area contributed by atoms with Crippen molar-refractivity contribution in [3.05, 3.63) is 58.9 Å². The van der Waals surface area contributed by atoms with Crippen molar-refractivity contribution < 1.29 is 9.84 Å². The summed E-state index contributed by atoms with van der Waals surface area (Å²) in [6.45, 7) is 7.13. The van der Waals surface area contributed by atoms with E-state index in [4.69, 9.17) is 4.74 Å². The van der Waals surface area contributed by atoms with Crippen LogP contribution < -0.4 is 4.74 Å². The van der Waals surface area contributed by atoms with Crippen LogP contribution in [0, 0.1) is 18.8 Å². The summed E-state index contributed by atoms with van der Waals surface area (Å²) in [7, 11) is 0. The maximum Gasteiger partial charge on any atom is 0.123 e. The molecule has 0 unspecified atom stereocenters. The molecule has 1 N–H and O–H groups in total. The number of fused-ring (bicyclic) bond motifs is 2. The lowest BCUT2D eigenvalue weighted by Gasteiger charge is -2.30. The van der Waals surface area contributed by atoms with Gasteiger partial charge in [-0.15, -0.1) is 0 Å². The summed E-state index contributed by atoms with van der Waals surface area (Å²) in [5, 5.41) is 11.5. The molecule has 2 aliphatic heterocycles. The van der Waals surface area contributed by atoms with Gasteiger partial charge in [0.15, 0.2) is 0 Å². The number of rotatable bonds is 3. The van der Waals surface area contributed by atoms with Crippen molar-refractivity contribution in [3.8, 4) is 5.75 Å². The van der Waals surface area contributed by atoms with Crippen LogP contribution in [0.2, 0.25) is 0 Å². The number of likely N-dealkylation sites (tertiary alicyclic amines) is 1. The van der Waals surface area contributed by atoms with E-state index in [2.05, 4.69) is 41.1 Å². The Bertz CT molecular complexity index is 850. The van der Waals surface area contributed by atoms with Gasteiger partial charge in [-0.2, -0.15) is 0 Å². The van der Waals surface area contributed by atoms with E-state index in [0.717, 1.165) is 55.9 Å². The van der Waals surface area contributed by atoms with Gasteiger partial charge < -0.3 is 9.84 Å². The monoisotopic (exact) mass is 364 g/mol. The van der Waals surface area contributed by atoms with Gasteiger partial charge in [0.2, 0.25) is 0 Å². The molecule has 1 saturated carbocycles. The molecule has 2 fully saturated rings. The molecule has 4 heteroatoms. The van der Waals surface area contributed by atoms with Crippen molar-refractivity contribution in [2.45, 2.75) is 51.4 Å². The number of ether oxygens (including phenoxy) is 1. The molecule has 3 aliphatic rings. The molecule has 4 nitrogen and oxygen atoms in total. The molecule has 142 valence electrons. The van der Waals surface area contributed by atoms with Crippen LogP contribution in [-0.4, -0.2) is 34.2 Å². The van der Waals surface area contributed by atoms with Gasteiger partial charge in [-0.25, -0.2) is 0 Å². The molecule has 3 heterocycles. The Morgan fingerprint density at radius 1 is 1.26 bits per heavy atom. The van der Waals surface area contributed by atoms with E-state index in [1.807, 2.05) is 19.2 Å². The minimum Gasteiger partial charge on any atom is -0.490 e. The Hall–Kier alpha value is -1.91. The van der Waals surface area contributed by atoms with Crippen molar-refractivity contribution in [1.29, 1.82) is 0 Å². The topological polar surface area (TPSA) is 45.6 Å². The van der Waals surface area contributed by atoms with E-state index in [9.17, 15) is 5.11 Å². The Morgan fingerprint density at radius 3 is 2.96 bits per heavy atom. The van der Waals surface area contributed by atoms with E-state index in [1.54, 1.807) is 0 Å². The largest absolute Gasteiger partial charge is 0.490 e. The van der Waals surface area contributed by atoms with Gasteiger partial charge in [0, 0.05) is 38.2 Å². The molecular formula is C23H28N2O2. The second-order valence-corrected chi connectivity index (χ2v) is 8.82. The fourth-order valence-corrected chi connectivity index (χ4v) is 5.39. The van der Waals surface area contributed by atoms with Crippen molar-refractivity contribution in [1.82, 2.24) is 9.88 Å². The molecule has 1 aromatic heterocycles. The zero-order valence-electron chi connectivity index (χ0n) is 16.2. The Morgan fingerprint density at radius 2 is 2.15 bits per heavy atom. The first kappa shape index (κ1) is 17.2. The normalized spacial score (nSPS) is 32.3. The van der Waals surface area contributed by atoms with Crippen molar-refractivity contribution in [3.63, 3.8) is 0 Å². The van der Waals surface area contributed by atoms with Gasteiger partial charge >= 0.3 is 0 Å². The highest BCUT2D eigenvalue weighted by molar-refractivity contribution is 5.40. The first-order chi connectivity index (χ1) is 13.0. The maximum atomic E-state index is 11.5. The van der Waals surface area contributed by atoms with Crippen LogP contribution >= 0.6 is 0 Å². The third-order valence-electron chi connectivity index (χ3n) is 6.75. The molecule has 1 aliphatic carbocycles. The first-order valence-corrected chi connectivity index (χ1v) is 10.2. The van der Waals surface area contributed by atoms with E-state index < -0.39 is 5.60 Å². The van der Waals surface area contributed by atoms with Gasteiger partial charge in [-0.05, 0) is 61.4 Å². The number of benzene rings is 1. The van der Waals surface area contributed by atoms with E-state index >= 15 is 0 Å². The highest BCUT2D eigenvalue weighted by atomic mass is 16.5. The predicted molar refractivity (Wildman–Crippen MR) is 105 cm³/mol. The molecular weight excluding hydrogens is 336 g/mol. The standard InChI is InChI=1S/C23H28N2O2/c1-15-3-6-22(24-11-15)23(26)8-7-18-13-25(14-20(18)23)12-17-4-5-21-19(10-17)9-16(2)27-21/h3-6,10-11,16,18,20,26H,7-9,12-14H2,1-2H3/t16-,18+,20-,23+/m0/s1. The van der Waals surface area contributed by atoms with Crippen LogP contribution in [-0.2, 0) is 18.6 Å². The quantitative estimate of drug-likeness (QED) is 0.906. The Balaban J connectivity index is 1.31. The average Bonchev–Trinajstić information content (AvgIpc) is 3.30. The Labute approximate surface area is 161 Å². The SMILES string of the molecule is Cc1ccc([C@@]2(O)CC[C@@H]3CN(Cc4ccc5c(c4)C[C@H](C)O5)C[C@@H]32)nc1. The summed E-state index contributed by atoms with van der Waals surface area (Å²) in [4.78, 5) is 7.07. The number of aromatic nitrogens is 1. The van der Waals surface area contributed by atoms with Gasteiger partial charge in [0.25, 0.3) is 0 Å². The predicted octanol–water partition coefficient (Wildman–Crippen LogP) is 3.44.